The van der Waals surface area contributed by atoms with Gasteiger partial charge in [0.1, 0.15) is 6.54 Å². The van der Waals surface area contributed by atoms with Gasteiger partial charge in [-0.15, -0.1) is 0 Å². The van der Waals surface area contributed by atoms with Gasteiger partial charge in [0.25, 0.3) is 0 Å². The number of hydrogen-bond acceptors (Lipinski definition) is 3. The van der Waals surface area contributed by atoms with E-state index in [4.69, 9.17) is 0 Å². The second-order valence-electron chi connectivity index (χ2n) is 4.95. The van der Waals surface area contributed by atoms with Gasteiger partial charge in [-0.2, -0.15) is 0 Å². The van der Waals surface area contributed by atoms with Crippen molar-refractivity contribution in [2.24, 2.45) is 11.8 Å². The molecule has 2 atom stereocenters. The summed E-state index contributed by atoms with van der Waals surface area (Å²) in [4.78, 5) is 37.8. The Morgan fingerprint density at radius 1 is 1.31 bits per heavy atom. The standard InChI is InChI=1S/C11H14N2O3/c1-12(6-2-3-6)9(14)5-13-10(15)7-4-8(7)11(13)16/h6-8H,2-5H2,1H3. The molecule has 5 heteroatoms. The van der Waals surface area contributed by atoms with Crippen LogP contribution in [-0.2, 0) is 14.4 Å². The highest BCUT2D eigenvalue weighted by Crippen LogP contribution is 2.46. The molecule has 0 bridgehead atoms. The molecule has 2 saturated carbocycles. The Bertz CT molecular complexity index is 369. The molecule has 0 spiro atoms. The van der Waals surface area contributed by atoms with E-state index in [1.165, 1.54) is 0 Å². The minimum absolute atomic E-state index is 0.0579. The largest absolute Gasteiger partial charge is 0.341 e. The number of hydrogen-bond donors (Lipinski definition) is 0. The fourth-order valence-corrected chi connectivity index (χ4v) is 2.32. The van der Waals surface area contributed by atoms with Gasteiger partial charge in [0.05, 0.1) is 11.8 Å². The van der Waals surface area contributed by atoms with Crippen molar-refractivity contribution >= 4 is 17.7 Å². The van der Waals surface area contributed by atoms with Gasteiger partial charge in [0.2, 0.25) is 17.7 Å². The van der Waals surface area contributed by atoms with Crippen molar-refractivity contribution in [3.05, 3.63) is 0 Å². The summed E-state index contributed by atoms with van der Waals surface area (Å²) in [5.74, 6) is -0.622. The first kappa shape index (κ1) is 9.81. The van der Waals surface area contributed by atoms with E-state index in [0.29, 0.717) is 12.5 Å². The molecule has 1 aliphatic heterocycles. The number of fused-ring (bicyclic) bond motifs is 1. The number of likely N-dealkylation sites (N-methyl/N-ethyl adjacent to an activating group) is 1. The molecule has 0 aromatic heterocycles. The van der Waals surface area contributed by atoms with Crippen molar-refractivity contribution in [2.45, 2.75) is 25.3 Å². The molecule has 1 heterocycles. The Hall–Kier alpha value is -1.39. The van der Waals surface area contributed by atoms with Gasteiger partial charge in [-0.05, 0) is 19.3 Å². The van der Waals surface area contributed by atoms with Crippen LogP contribution in [0.3, 0.4) is 0 Å². The van der Waals surface area contributed by atoms with Gasteiger partial charge in [0.15, 0.2) is 0 Å². The number of nitrogens with zero attached hydrogens (tertiary/aromatic N) is 2. The molecule has 2 aliphatic carbocycles. The van der Waals surface area contributed by atoms with E-state index in [1.807, 2.05) is 0 Å². The molecular formula is C11H14N2O3. The summed E-state index contributed by atoms with van der Waals surface area (Å²) >= 11 is 0. The number of likely N-dealkylation sites (tertiary alicyclic amines) is 1. The fourth-order valence-electron chi connectivity index (χ4n) is 2.32. The highest BCUT2D eigenvalue weighted by molar-refractivity contribution is 6.10. The molecule has 3 aliphatic rings. The van der Waals surface area contributed by atoms with E-state index in [0.717, 1.165) is 17.7 Å². The van der Waals surface area contributed by atoms with Crippen molar-refractivity contribution in [1.29, 1.82) is 0 Å². The molecule has 3 rings (SSSR count). The lowest BCUT2D eigenvalue weighted by Gasteiger charge is -2.21. The molecule has 0 N–H and O–H groups in total. The van der Waals surface area contributed by atoms with Crippen LogP contribution in [0.25, 0.3) is 0 Å². The average molecular weight is 222 g/mol. The van der Waals surface area contributed by atoms with Crippen LogP contribution < -0.4 is 0 Å². The number of amides is 3. The van der Waals surface area contributed by atoms with Gasteiger partial charge in [-0.1, -0.05) is 0 Å². The molecule has 86 valence electrons. The first-order valence-corrected chi connectivity index (χ1v) is 5.70. The zero-order valence-electron chi connectivity index (χ0n) is 9.18. The highest BCUT2D eigenvalue weighted by Gasteiger charge is 2.59. The lowest BCUT2D eigenvalue weighted by molar-refractivity contribution is -0.147. The summed E-state index contributed by atoms with van der Waals surface area (Å²) in [5.41, 5.74) is 0. The SMILES string of the molecule is CN(C(=O)CN1C(=O)C2CC2C1=O)C1CC1. The van der Waals surface area contributed by atoms with Crippen LogP contribution in [0.4, 0.5) is 0 Å². The van der Waals surface area contributed by atoms with Crippen LogP contribution in [0, 0.1) is 11.8 Å². The van der Waals surface area contributed by atoms with E-state index in [9.17, 15) is 14.4 Å². The van der Waals surface area contributed by atoms with Crippen LogP contribution in [0.5, 0.6) is 0 Å². The number of rotatable bonds is 3. The number of carbonyl (C=O) groups excluding carboxylic acids is 3. The summed E-state index contributed by atoms with van der Waals surface area (Å²) < 4.78 is 0. The lowest BCUT2D eigenvalue weighted by atomic mass is 10.4. The normalized spacial score (nSPS) is 31.7. The maximum Gasteiger partial charge on any atom is 0.242 e. The first-order chi connectivity index (χ1) is 7.59. The van der Waals surface area contributed by atoms with Gasteiger partial charge >= 0.3 is 0 Å². The predicted molar refractivity (Wildman–Crippen MR) is 54.1 cm³/mol. The summed E-state index contributed by atoms with van der Waals surface area (Å²) in [6.45, 7) is -0.0579. The molecule has 0 aromatic carbocycles. The number of piperidine rings is 1. The maximum absolute atomic E-state index is 11.8. The Kier molecular flexibility index (Phi) is 1.87. The quantitative estimate of drug-likeness (QED) is 0.611. The van der Waals surface area contributed by atoms with E-state index in [2.05, 4.69) is 0 Å². The Labute approximate surface area is 93.4 Å². The first-order valence-electron chi connectivity index (χ1n) is 5.70. The third-order valence-electron chi connectivity index (χ3n) is 3.74. The van der Waals surface area contributed by atoms with Crippen LogP contribution in [0.1, 0.15) is 19.3 Å². The molecule has 3 fully saturated rings. The van der Waals surface area contributed by atoms with Gasteiger partial charge in [-0.25, -0.2) is 0 Å². The monoisotopic (exact) mass is 222 g/mol. The Balaban J connectivity index is 1.64. The van der Waals surface area contributed by atoms with Crippen molar-refractivity contribution in [1.82, 2.24) is 9.80 Å². The number of carbonyl (C=O) groups is 3. The third-order valence-corrected chi connectivity index (χ3v) is 3.74. The summed E-state index contributed by atoms with van der Waals surface area (Å²) in [5, 5.41) is 0. The minimum Gasteiger partial charge on any atom is -0.341 e. The van der Waals surface area contributed by atoms with E-state index < -0.39 is 0 Å². The van der Waals surface area contributed by atoms with Crippen molar-refractivity contribution < 1.29 is 14.4 Å². The van der Waals surface area contributed by atoms with Crippen LogP contribution >= 0.6 is 0 Å². The minimum atomic E-state index is -0.146. The van der Waals surface area contributed by atoms with E-state index in [-0.39, 0.29) is 36.1 Å². The van der Waals surface area contributed by atoms with E-state index in [1.54, 1.807) is 11.9 Å². The summed E-state index contributed by atoms with van der Waals surface area (Å²) in [7, 11) is 1.74. The fraction of sp³-hybridized carbons (Fsp3) is 0.727. The molecule has 3 amide bonds. The van der Waals surface area contributed by atoms with Crippen molar-refractivity contribution in [3.8, 4) is 0 Å². The third kappa shape index (κ3) is 1.34. The molecular weight excluding hydrogens is 208 g/mol. The van der Waals surface area contributed by atoms with E-state index >= 15 is 0 Å². The number of imide groups is 1. The van der Waals surface area contributed by atoms with Gasteiger partial charge in [-0.3, -0.25) is 19.3 Å². The van der Waals surface area contributed by atoms with Crippen LogP contribution in [-0.4, -0.2) is 47.2 Å². The van der Waals surface area contributed by atoms with Crippen molar-refractivity contribution in [3.63, 3.8) is 0 Å². The Morgan fingerprint density at radius 3 is 2.38 bits per heavy atom. The van der Waals surface area contributed by atoms with Crippen LogP contribution in [0.15, 0.2) is 0 Å². The Morgan fingerprint density at radius 2 is 1.88 bits per heavy atom. The molecule has 1 saturated heterocycles. The highest BCUT2D eigenvalue weighted by atomic mass is 16.2. The molecule has 16 heavy (non-hydrogen) atoms. The lowest BCUT2D eigenvalue weighted by Crippen LogP contribution is -2.43. The topological polar surface area (TPSA) is 57.7 Å². The summed E-state index contributed by atoms with van der Waals surface area (Å²) in [6.07, 6.45) is 2.77. The maximum atomic E-state index is 11.8. The van der Waals surface area contributed by atoms with Gasteiger partial charge in [0, 0.05) is 13.1 Å². The van der Waals surface area contributed by atoms with Crippen LogP contribution in [0.2, 0.25) is 0 Å². The summed E-state index contributed by atoms with van der Waals surface area (Å²) in [6, 6.07) is 0.329. The molecule has 5 nitrogen and oxygen atoms in total. The zero-order valence-corrected chi connectivity index (χ0v) is 9.18. The molecule has 2 unspecified atom stereocenters. The zero-order chi connectivity index (χ0) is 11.4. The van der Waals surface area contributed by atoms with Crippen molar-refractivity contribution in [2.75, 3.05) is 13.6 Å². The second-order valence-corrected chi connectivity index (χ2v) is 4.95. The molecule has 0 radical (unpaired) electrons. The molecule has 0 aromatic rings. The average Bonchev–Trinajstić information content (AvgIpc) is 3.14. The smallest absolute Gasteiger partial charge is 0.242 e. The van der Waals surface area contributed by atoms with Gasteiger partial charge < -0.3 is 4.90 Å². The second kappa shape index (κ2) is 3.06. The predicted octanol–water partition coefficient (Wildman–Crippen LogP) is -0.388.